The summed E-state index contributed by atoms with van der Waals surface area (Å²) in [5, 5.41) is 5.25. The van der Waals surface area contributed by atoms with E-state index in [2.05, 4.69) is 10.6 Å². The van der Waals surface area contributed by atoms with Crippen molar-refractivity contribution in [2.24, 2.45) is 0 Å². The minimum absolute atomic E-state index is 0.0417. The minimum atomic E-state index is -4.55. The molecule has 1 aromatic carbocycles. The van der Waals surface area contributed by atoms with Gasteiger partial charge in [0.1, 0.15) is 11.6 Å². The van der Waals surface area contributed by atoms with Gasteiger partial charge in [0.25, 0.3) is 0 Å². The van der Waals surface area contributed by atoms with Gasteiger partial charge in [0.2, 0.25) is 5.91 Å². The summed E-state index contributed by atoms with van der Waals surface area (Å²) in [5.41, 5.74) is -1.99. The maximum absolute atomic E-state index is 13.0. The molecule has 2 N–H and O–H groups in total. The van der Waals surface area contributed by atoms with Gasteiger partial charge in [-0.2, -0.15) is 13.2 Å². The summed E-state index contributed by atoms with van der Waals surface area (Å²) in [6, 6.07) is 3.09. The van der Waals surface area contributed by atoms with E-state index >= 15 is 0 Å². The second-order valence-corrected chi connectivity index (χ2v) is 7.83. The summed E-state index contributed by atoms with van der Waals surface area (Å²) in [5.74, 6) is -0.556. The van der Waals surface area contributed by atoms with Crippen LogP contribution in [0.5, 0.6) is 0 Å². The van der Waals surface area contributed by atoms with Crippen molar-refractivity contribution in [1.82, 2.24) is 10.6 Å². The summed E-state index contributed by atoms with van der Waals surface area (Å²) in [6.07, 6.45) is -3.11. The first kappa shape index (κ1) is 21.1. The smallest absolute Gasteiger partial charge is 0.416 e. The monoisotopic (exact) mass is 386 g/mol. The summed E-state index contributed by atoms with van der Waals surface area (Å²) < 4.78 is 44.3. The van der Waals surface area contributed by atoms with E-state index in [1.807, 2.05) is 6.92 Å². The first-order valence-corrected chi connectivity index (χ1v) is 8.84. The molecule has 150 valence electrons. The molecule has 1 unspecified atom stereocenters. The molecule has 1 fully saturated rings. The highest BCUT2D eigenvalue weighted by Crippen LogP contribution is 2.39. The van der Waals surface area contributed by atoms with Gasteiger partial charge in [-0.25, -0.2) is 4.79 Å². The molecule has 1 aliphatic carbocycles. The molecule has 2 rings (SSSR count). The lowest BCUT2D eigenvalue weighted by molar-refractivity contribution is -0.137. The fourth-order valence-electron chi connectivity index (χ4n) is 2.67. The van der Waals surface area contributed by atoms with E-state index in [1.165, 1.54) is 12.1 Å². The van der Waals surface area contributed by atoms with Crippen molar-refractivity contribution in [3.8, 4) is 0 Å². The zero-order valence-corrected chi connectivity index (χ0v) is 15.9. The highest BCUT2D eigenvalue weighted by molar-refractivity contribution is 5.87. The zero-order valence-electron chi connectivity index (χ0n) is 15.9. The van der Waals surface area contributed by atoms with E-state index in [-0.39, 0.29) is 11.1 Å². The van der Waals surface area contributed by atoms with Crippen LogP contribution < -0.4 is 10.6 Å². The van der Waals surface area contributed by atoms with Crippen LogP contribution in [-0.4, -0.2) is 23.1 Å². The maximum Gasteiger partial charge on any atom is 0.416 e. The minimum Gasteiger partial charge on any atom is -0.444 e. The number of benzene rings is 1. The van der Waals surface area contributed by atoms with Crippen molar-refractivity contribution in [3.05, 3.63) is 35.4 Å². The number of carbonyl (C=O) groups excluding carboxylic acids is 2. The Morgan fingerprint density at radius 1 is 1.22 bits per heavy atom. The quantitative estimate of drug-likeness (QED) is 0.792. The van der Waals surface area contributed by atoms with E-state index in [9.17, 15) is 22.8 Å². The number of halogens is 3. The third-order valence-corrected chi connectivity index (χ3v) is 4.39. The zero-order chi connectivity index (χ0) is 20.5. The van der Waals surface area contributed by atoms with Crippen LogP contribution >= 0.6 is 0 Å². The van der Waals surface area contributed by atoms with E-state index in [0.29, 0.717) is 6.42 Å². The normalized spacial score (nSPS) is 17.0. The van der Waals surface area contributed by atoms with Gasteiger partial charge in [-0.15, -0.1) is 0 Å². The van der Waals surface area contributed by atoms with Crippen LogP contribution in [0.15, 0.2) is 24.3 Å². The van der Waals surface area contributed by atoms with Gasteiger partial charge in [-0.1, -0.05) is 19.1 Å². The fraction of sp³-hybridized carbons (Fsp3) is 0.579. The Hall–Kier alpha value is -2.25. The number of carbonyl (C=O) groups is 2. The second-order valence-electron chi connectivity index (χ2n) is 7.83. The van der Waals surface area contributed by atoms with E-state index in [1.54, 1.807) is 20.8 Å². The molecule has 0 saturated heterocycles. The Balaban J connectivity index is 2.29. The van der Waals surface area contributed by atoms with Crippen LogP contribution in [0.1, 0.15) is 64.1 Å². The molecule has 0 bridgehead atoms. The van der Waals surface area contributed by atoms with Crippen molar-refractivity contribution < 1.29 is 27.5 Å². The predicted molar refractivity (Wildman–Crippen MR) is 94.0 cm³/mol. The first-order valence-electron chi connectivity index (χ1n) is 8.84. The Labute approximate surface area is 156 Å². The van der Waals surface area contributed by atoms with Crippen molar-refractivity contribution in [1.29, 1.82) is 0 Å². The van der Waals surface area contributed by atoms with Gasteiger partial charge >= 0.3 is 12.3 Å². The first-order chi connectivity index (χ1) is 12.4. The Bertz CT molecular complexity index is 707. The van der Waals surface area contributed by atoms with Crippen LogP contribution in [0.25, 0.3) is 0 Å². The van der Waals surface area contributed by atoms with Crippen molar-refractivity contribution in [2.75, 3.05) is 0 Å². The average Bonchev–Trinajstić information content (AvgIpc) is 3.30. The molecule has 0 aromatic heterocycles. The number of amides is 2. The van der Waals surface area contributed by atoms with Crippen LogP contribution in [0.3, 0.4) is 0 Å². The molecule has 5 nitrogen and oxygen atoms in total. The van der Waals surface area contributed by atoms with Crippen molar-refractivity contribution >= 4 is 12.0 Å². The largest absolute Gasteiger partial charge is 0.444 e. The molecule has 0 radical (unpaired) electrons. The molecule has 0 heterocycles. The molecule has 8 heteroatoms. The van der Waals surface area contributed by atoms with Gasteiger partial charge in [-0.05, 0) is 57.7 Å². The number of ether oxygens (including phenoxy) is 1. The summed E-state index contributed by atoms with van der Waals surface area (Å²) in [6.45, 7) is 6.89. The third-order valence-electron chi connectivity index (χ3n) is 4.39. The Kier molecular flexibility index (Phi) is 5.77. The molecule has 0 spiro atoms. The van der Waals surface area contributed by atoms with Gasteiger partial charge in [0.15, 0.2) is 0 Å². The Morgan fingerprint density at radius 2 is 1.85 bits per heavy atom. The topological polar surface area (TPSA) is 67.4 Å². The van der Waals surface area contributed by atoms with Crippen molar-refractivity contribution in [2.45, 2.75) is 70.3 Å². The van der Waals surface area contributed by atoms with Gasteiger partial charge in [0.05, 0.1) is 5.56 Å². The summed E-state index contributed by atoms with van der Waals surface area (Å²) in [4.78, 5) is 24.9. The molecule has 1 aromatic rings. The molecule has 1 saturated carbocycles. The predicted octanol–water partition coefficient (Wildman–Crippen LogP) is 4.33. The number of nitrogens with one attached hydrogen (secondary N) is 2. The van der Waals surface area contributed by atoms with Crippen LogP contribution in [0.2, 0.25) is 0 Å². The number of hydrogen-bond donors (Lipinski definition) is 2. The highest BCUT2D eigenvalue weighted by atomic mass is 19.4. The SMILES string of the molecule is CCC1(NC(=O)C(NC(=O)OC(C)(C)C)c2cccc(C(F)(F)F)c2)CC1. The lowest BCUT2D eigenvalue weighted by Gasteiger charge is -2.25. The van der Waals surface area contributed by atoms with Crippen LogP contribution in [0, 0.1) is 0 Å². The molecular weight excluding hydrogens is 361 g/mol. The standard InChI is InChI=1S/C19H25F3N2O3/c1-5-18(9-10-18)24-15(25)14(23-16(26)27-17(2,3)4)12-7-6-8-13(11-12)19(20,21)22/h6-8,11,14H,5,9-10H2,1-4H3,(H,23,26)(H,24,25). The van der Waals surface area contributed by atoms with Gasteiger partial charge in [0, 0.05) is 5.54 Å². The van der Waals surface area contributed by atoms with Crippen molar-refractivity contribution in [3.63, 3.8) is 0 Å². The molecule has 0 aliphatic heterocycles. The molecule has 27 heavy (non-hydrogen) atoms. The number of alkyl halides is 3. The molecule has 2 amide bonds. The number of alkyl carbamates (subject to hydrolysis) is 1. The lowest BCUT2D eigenvalue weighted by atomic mass is 10.0. The number of hydrogen-bond acceptors (Lipinski definition) is 3. The average molecular weight is 386 g/mol. The maximum atomic E-state index is 13.0. The summed E-state index contributed by atoms with van der Waals surface area (Å²) in [7, 11) is 0. The second kappa shape index (κ2) is 7.40. The van der Waals surface area contributed by atoms with Gasteiger partial charge in [-0.3, -0.25) is 4.79 Å². The Morgan fingerprint density at radius 3 is 2.33 bits per heavy atom. The number of rotatable bonds is 5. The highest BCUT2D eigenvalue weighted by Gasteiger charge is 2.43. The fourth-order valence-corrected chi connectivity index (χ4v) is 2.67. The third kappa shape index (κ3) is 5.87. The van der Waals surface area contributed by atoms with E-state index < -0.39 is 35.4 Å². The van der Waals surface area contributed by atoms with Crippen LogP contribution in [0.4, 0.5) is 18.0 Å². The summed E-state index contributed by atoms with van der Waals surface area (Å²) >= 11 is 0. The van der Waals surface area contributed by atoms with Crippen LogP contribution in [-0.2, 0) is 15.7 Å². The van der Waals surface area contributed by atoms with E-state index in [4.69, 9.17) is 4.74 Å². The molecular formula is C19H25F3N2O3. The molecule has 1 atom stereocenters. The lowest BCUT2D eigenvalue weighted by Crippen LogP contribution is -2.46. The van der Waals surface area contributed by atoms with Gasteiger partial charge < -0.3 is 15.4 Å². The molecule has 1 aliphatic rings. The van der Waals surface area contributed by atoms with E-state index in [0.717, 1.165) is 25.0 Å².